The van der Waals surface area contributed by atoms with Gasteiger partial charge < -0.3 is 14.7 Å². The van der Waals surface area contributed by atoms with Crippen LogP contribution in [0.5, 0.6) is 5.75 Å². The number of hydrogen-bond acceptors (Lipinski definition) is 6. The molecule has 214 valence electrons. The number of aliphatic carboxylic acids is 1. The molecule has 1 heterocycles. The summed E-state index contributed by atoms with van der Waals surface area (Å²) in [7, 11) is -1.55. The average Bonchev–Trinajstić information content (AvgIpc) is 3.01. The van der Waals surface area contributed by atoms with Gasteiger partial charge in [0, 0.05) is 26.6 Å². The van der Waals surface area contributed by atoms with Crippen molar-refractivity contribution in [3.8, 4) is 5.75 Å². The Kier molecular flexibility index (Phi) is 9.52. The minimum atomic E-state index is -3.31. The molecule has 40 heavy (non-hydrogen) atoms. The fraction of sp³-hybridized carbons (Fsp3) is 0.355. The van der Waals surface area contributed by atoms with Crippen LogP contribution in [0.15, 0.2) is 77.7 Å². The third-order valence-electron chi connectivity index (χ3n) is 7.30. The molecule has 1 unspecified atom stereocenters. The van der Waals surface area contributed by atoms with Gasteiger partial charge in [0.25, 0.3) is 0 Å². The summed E-state index contributed by atoms with van der Waals surface area (Å²) in [5.41, 5.74) is 3.67. The third kappa shape index (κ3) is 7.22. The minimum absolute atomic E-state index is 0.0438. The Hall–Kier alpha value is -3.37. The molecule has 1 amide bonds. The van der Waals surface area contributed by atoms with Crippen molar-refractivity contribution >= 4 is 22.7 Å². The molecule has 0 aromatic heterocycles. The number of nitrogens with zero attached hydrogens (tertiary/aromatic N) is 2. The van der Waals surface area contributed by atoms with Crippen LogP contribution in [0.3, 0.4) is 0 Å². The highest BCUT2D eigenvalue weighted by molar-refractivity contribution is 8.22. The first-order chi connectivity index (χ1) is 19.0. The van der Waals surface area contributed by atoms with Crippen LogP contribution in [-0.4, -0.2) is 55.0 Å². The molecule has 1 aliphatic heterocycles. The molecule has 3 aromatic carbocycles. The molecule has 0 saturated heterocycles. The zero-order valence-electron chi connectivity index (χ0n) is 23.2. The normalized spacial score (nSPS) is 18.1. The summed E-state index contributed by atoms with van der Waals surface area (Å²) in [5.74, 6) is -0.871. The average molecular weight is 567 g/mol. The van der Waals surface area contributed by atoms with Crippen molar-refractivity contribution < 1.29 is 28.5 Å². The highest BCUT2D eigenvalue weighted by Crippen LogP contribution is 2.57. The lowest BCUT2D eigenvalue weighted by Crippen LogP contribution is -2.33. The van der Waals surface area contributed by atoms with Gasteiger partial charge in [-0.05, 0) is 60.6 Å². The lowest BCUT2D eigenvalue weighted by atomic mass is 9.89. The fourth-order valence-electron chi connectivity index (χ4n) is 5.05. The van der Waals surface area contributed by atoms with Crippen LogP contribution < -0.4 is 4.74 Å². The van der Waals surface area contributed by atoms with Crippen molar-refractivity contribution in [2.24, 2.45) is 0 Å². The maximum Gasteiger partial charge on any atom is 0.303 e. The standard InChI is InChI=1S/C31H38N2O6S/c1-22-13-14-25(26(18-31(35)36)15-16-30(34)32(3)20-24-9-5-4-6-10-24)17-27(22)21-33-19-23(2)39-28-11-7-8-12-29(28)40(33,37)38/h4-14,17,23,26,37-38H,15-16,18-21H2,1-3H3,(H,35,36)/t23-,26?/m0/s1. The molecule has 2 atom stereocenters. The summed E-state index contributed by atoms with van der Waals surface area (Å²) in [6.45, 7) is 4.89. The topological polar surface area (TPSA) is 111 Å². The van der Waals surface area contributed by atoms with Crippen LogP contribution in [0.4, 0.5) is 0 Å². The molecule has 0 fully saturated rings. The van der Waals surface area contributed by atoms with Crippen molar-refractivity contribution in [3.05, 3.63) is 95.1 Å². The van der Waals surface area contributed by atoms with Crippen molar-refractivity contribution in [2.45, 2.75) is 63.1 Å². The van der Waals surface area contributed by atoms with Crippen LogP contribution in [-0.2, 0) is 22.7 Å². The number of para-hydroxylation sites is 1. The SMILES string of the molecule is Cc1ccc(C(CCC(=O)N(C)Cc2ccccc2)CC(=O)O)cc1CN1C[C@H](C)Oc2ccccc2S1(O)O. The lowest BCUT2D eigenvalue weighted by Gasteiger charge is -2.42. The van der Waals surface area contributed by atoms with E-state index in [-0.39, 0.29) is 37.3 Å². The van der Waals surface area contributed by atoms with E-state index in [4.69, 9.17) is 4.74 Å². The van der Waals surface area contributed by atoms with Crippen LogP contribution in [0.25, 0.3) is 0 Å². The molecular formula is C31H38N2O6S. The summed E-state index contributed by atoms with van der Waals surface area (Å²) >= 11 is 0. The van der Waals surface area contributed by atoms with Gasteiger partial charge in [-0.1, -0.05) is 60.7 Å². The molecule has 0 spiro atoms. The van der Waals surface area contributed by atoms with E-state index >= 15 is 0 Å². The zero-order valence-corrected chi connectivity index (χ0v) is 24.0. The summed E-state index contributed by atoms with van der Waals surface area (Å²) < 4.78 is 30.2. The molecule has 0 aliphatic carbocycles. The quantitative estimate of drug-likeness (QED) is 0.264. The van der Waals surface area contributed by atoms with Crippen LogP contribution in [0, 0.1) is 6.92 Å². The van der Waals surface area contributed by atoms with Crippen molar-refractivity contribution in [3.63, 3.8) is 0 Å². The molecular weight excluding hydrogens is 528 g/mol. The zero-order chi connectivity index (χ0) is 28.9. The van der Waals surface area contributed by atoms with Gasteiger partial charge in [0.15, 0.2) is 0 Å². The van der Waals surface area contributed by atoms with Crippen LogP contribution >= 0.6 is 10.8 Å². The third-order valence-corrected chi connectivity index (χ3v) is 9.23. The van der Waals surface area contributed by atoms with E-state index in [1.165, 1.54) is 0 Å². The van der Waals surface area contributed by atoms with E-state index in [0.717, 1.165) is 22.3 Å². The predicted molar refractivity (Wildman–Crippen MR) is 156 cm³/mol. The van der Waals surface area contributed by atoms with Gasteiger partial charge in [-0.25, -0.2) is 0 Å². The maximum absolute atomic E-state index is 12.9. The maximum atomic E-state index is 12.9. The number of rotatable bonds is 10. The van der Waals surface area contributed by atoms with Crippen molar-refractivity contribution in [2.75, 3.05) is 13.6 Å². The molecule has 1 aliphatic rings. The van der Waals surface area contributed by atoms with Gasteiger partial charge in [0.2, 0.25) is 5.91 Å². The Bertz CT molecular complexity index is 1330. The first-order valence-corrected chi connectivity index (χ1v) is 14.9. The summed E-state index contributed by atoms with van der Waals surface area (Å²) in [4.78, 5) is 26.7. The smallest absolute Gasteiger partial charge is 0.303 e. The van der Waals surface area contributed by atoms with E-state index in [9.17, 15) is 23.8 Å². The number of ether oxygens (including phenoxy) is 1. The number of carboxylic acids is 1. The second-order valence-electron chi connectivity index (χ2n) is 10.5. The Balaban J connectivity index is 1.52. The molecule has 0 radical (unpaired) electrons. The largest absolute Gasteiger partial charge is 0.487 e. The Morgan fingerprint density at radius 3 is 2.50 bits per heavy atom. The highest BCUT2D eigenvalue weighted by Gasteiger charge is 2.34. The number of carboxylic acid groups (broad SMARTS) is 1. The Morgan fingerprint density at radius 1 is 1.07 bits per heavy atom. The van der Waals surface area contributed by atoms with Gasteiger partial charge in [-0.3, -0.25) is 18.7 Å². The highest BCUT2D eigenvalue weighted by atomic mass is 32.3. The van der Waals surface area contributed by atoms with Crippen LogP contribution in [0.1, 0.15) is 54.4 Å². The number of carbonyl (C=O) groups excluding carboxylic acids is 1. The number of aryl methyl sites for hydroxylation is 1. The molecule has 3 aromatic rings. The van der Waals surface area contributed by atoms with E-state index in [0.29, 0.717) is 30.2 Å². The number of amides is 1. The summed E-state index contributed by atoms with van der Waals surface area (Å²) in [6.07, 6.45) is 0.249. The summed E-state index contributed by atoms with van der Waals surface area (Å²) in [6, 6.07) is 22.5. The number of fused-ring (bicyclic) bond motifs is 1. The molecule has 8 nitrogen and oxygen atoms in total. The van der Waals surface area contributed by atoms with E-state index in [1.807, 2.05) is 62.4 Å². The fourth-order valence-corrected chi connectivity index (χ4v) is 6.71. The van der Waals surface area contributed by atoms with Gasteiger partial charge in [-0.15, -0.1) is 10.8 Å². The van der Waals surface area contributed by atoms with Crippen molar-refractivity contribution in [1.82, 2.24) is 9.21 Å². The monoisotopic (exact) mass is 566 g/mol. The number of benzene rings is 3. The van der Waals surface area contributed by atoms with Gasteiger partial charge in [-0.2, -0.15) is 4.31 Å². The predicted octanol–water partition coefficient (Wildman–Crippen LogP) is 6.30. The molecule has 9 heteroatoms. The first kappa shape index (κ1) is 29.6. The molecule has 4 rings (SSSR count). The molecule has 0 bridgehead atoms. The van der Waals surface area contributed by atoms with E-state index < -0.39 is 16.7 Å². The lowest BCUT2D eigenvalue weighted by molar-refractivity contribution is -0.138. The van der Waals surface area contributed by atoms with Crippen LogP contribution in [0.2, 0.25) is 0 Å². The Labute approximate surface area is 237 Å². The summed E-state index contributed by atoms with van der Waals surface area (Å²) in [5, 5.41) is 9.64. The first-order valence-electron chi connectivity index (χ1n) is 13.4. The van der Waals surface area contributed by atoms with E-state index in [1.54, 1.807) is 40.5 Å². The second-order valence-corrected chi connectivity index (χ2v) is 12.5. The second kappa shape index (κ2) is 12.9. The van der Waals surface area contributed by atoms with Gasteiger partial charge in [0.05, 0.1) is 13.0 Å². The van der Waals surface area contributed by atoms with Crippen molar-refractivity contribution in [1.29, 1.82) is 0 Å². The number of hydrogen-bond donors (Lipinski definition) is 3. The van der Waals surface area contributed by atoms with Gasteiger partial charge in [0.1, 0.15) is 16.7 Å². The Morgan fingerprint density at radius 2 is 1.77 bits per heavy atom. The molecule has 0 saturated carbocycles. The van der Waals surface area contributed by atoms with E-state index in [2.05, 4.69) is 0 Å². The minimum Gasteiger partial charge on any atom is -0.487 e. The molecule has 3 N–H and O–H groups in total. The van der Waals surface area contributed by atoms with Gasteiger partial charge >= 0.3 is 5.97 Å². The number of carbonyl (C=O) groups is 2.